The second-order valence-electron chi connectivity index (χ2n) is 10.5. The summed E-state index contributed by atoms with van der Waals surface area (Å²) in [5.41, 5.74) is 1.51. The first kappa shape index (κ1) is 21.1. The summed E-state index contributed by atoms with van der Waals surface area (Å²) in [5, 5.41) is 0. The molecule has 1 heterocycles. The van der Waals surface area contributed by atoms with Crippen molar-refractivity contribution in [3.8, 4) is 0 Å². The molecular weight excluding hydrogens is 468 g/mol. The first-order valence-corrected chi connectivity index (χ1v) is 14.9. The number of ether oxygens (including phenoxy) is 1. The van der Waals surface area contributed by atoms with Gasteiger partial charge in [-0.05, 0) is 57.4 Å². The fourth-order valence-electron chi connectivity index (χ4n) is 8.21. The summed E-state index contributed by atoms with van der Waals surface area (Å²) in [7, 11) is -8.03. The molecule has 5 aliphatic rings. The predicted molar refractivity (Wildman–Crippen MR) is 127 cm³/mol. The van der Waals surface area contributed by atoms with Gasteiger partial charge in [-0.2, -0.15) is 0 Å². The van der Waals surface area contributed by atoms with Crippen LogP contribution in [0.25, 0.3) is 0 Å². The second kappa shape index (κ2) is 6.31. The molecule has 176 valence electrons. The van der Waals surface area contributed by atoms with Crippen LogP contribution in [0.4, 0.5) is 0 Å². The smallest absolute Gasteiger partial charge is 0.204 e. The molecule has 3 saturated carbocycles. The van der Waals surface area contributed by atoms with Gasteiger partial charge in [-0.3, -0.25) is 0 Å². The van der Waals surface area contributed by atoms with Gasteiger partial charge in [-0.1, -0.05) is 47.5 Å². The van der Waals surface area contributed by atoms with Gasteiger partial charge >= 0.3 is 0 Å². The molecule has 0 unspecified atom stereocenters. The van der Waals surface area contributed by atoms with Gasteiger partial charge in [0.15, 0.2) is 0 Å². The lowest BCUT2D eigenvalue weighted by Crippen LogP contribution is -2.41. The van der Waals surface area contributed by atoms with Crippen molar-refractivity contribution in [1.29, 1.82) is 0 Å². The maximum absolute atomic E-state index is 14.1. The fourth-order valence-corrected chi connectivity index (χ4v) is 12.5. The molecule has 34 heavy (non-hydrogen) atoms. The lowest BCUT2D eigenvalue weighted by atomic mass is 9.73. The van der Waals surface area contributed by atoms with E-state index in [-0.39, 0.29) is 31.4 Å². The summed E-state index contributed by atoms with van der Waals surface area (Å²) in [4.78, 5) is 0.459. The third kappa shape index (κ3) is 2.12. The van der Waals surface area contributed by atoms with Crippen LogP contribution in [0.2, 0.25) is 0 Å². The van der Waals surface area contributed by atoms with Crippen molar-refractivity contribution in [3.63, 3.8) is 0 Å². The van der Waals surface area contributed by atoms with Crippen LogP contribution in [-0.2, 0) is 24.4 Å². The first-order chi connectivity index (χ1) is 16.2. The molecule has 0 amide bonds. The molecule has 0 aromatic heterocycles. The number of sulfone groups is 2. The van der Waals surface area contributed by atoms with E-state index in [1.54, 1.807) is 60.7 Å². The van der Waals surface area contributed by atoms with Crippen LogP contribution < -0.4 is 0 Å². The highest BCUT2D eigenvalue weighted by Gasteiger charge is 2.94. The largest absolute Gasteiger partial charge is 0.360 e. The summed E-state index contributed by atoms with van der Waals surface area (Å²) in [6.45, 7) is 4.24. The number of rotatable bonds is 4. The average molecular weight is 495 g/mol. The Balaban J connectivity index is 1.51. The normalized spacial score (nSPS) is 37.2. The van der Waals surface area contributed by atoms with Gasteiger partial charge in [0.25, 0.3) is 0 Å². The molecule has 4 aliphatic carbocycles. The average Bonchev–Trinajstić information content (AvgIpc) is 3.15. The predicted octanol–water partition coefficient (Wildman–Crippen LogP) is 4.68. The molecule has 5 nitrogen and oxygen atoms in total. The van der Waals surface area contributed by atoms with Gasteiger partial charge in [-0.15, -0.1) is 0 Å². The van der Waals surface area contributed by atoms with E-state index < -0.39 is 42.7 Å². The zero-order valence-electron chi connectivity index (χ0n) is 19.1. The summed E-state index contributed by atoms with van der Waals surface area (Å²) < 4.78 is 63.0. The minimum absolute atomic E-state index is 0.0846. The van der Waals surface area contributed by atoms with Gasteiger partial charge in [0, 0.05) is 23.7 Å². The molecule has 4 bridgehead atoms. The molecule has 4 fully saturated rings. The lowest BCUT2D eigenvalue weighted by Gasteiger charge is -2.31. The highest BCUT2D eigenvalue weighted by atomic mass is 32.2. The molecule has 2 aromatic rings. The van der Waals surface area contributed by atoms with Crippen molar-refractivity contribution in [2.75, 3.05) is 0 Å². The molecule has 0 N–H and O–H groups in total. The standard InChI is InChI=1S/C27H26O5S2/c1-16(2)23-19-13-14-20(23)27-22-15-21(26(19,27)32-27)24(33(28,29)17-9-5-3-6-10-17)25(22)34(30,31)18-11-7-4-8-12-18/h3-12,19-22H,13-15H2,1-2H3/t19-,20-,21+,22+,26-,27+/m1/s1. The number of fused-ring (bicyclic) bond motifs is 4. The Morgan fingerprint density at radius 3 is 1.50 bits per heavy atom. The van der Waals surface area contributed by atoms with Gasteiger partial charge in [0.2, 0.25) is 19.7 Å². The molecule has 0 spiro atoms. The minimum atomic E-state index is -4.01. The Hall–Kier alpha value is -2.22. The Morgan fingerprint density at radius 2 is 1.12 bits per heavy atom. The number of hydrogen-bond donors (Lipinski definition) is 0. The van der Waals surface area contributed by atoms with E-state index in [9.17, 15) is 16.8 Å². The van der Waals surface area contributed by atoms with E-state index >= 15 is 0 Å². The Morgan fingerprint density at radius 1 is 0.706 bits per heavy atom. The zero-order valence-corrected chi connectivity index (χ0v) is 20.7. The maximum atomic E-state index is 14.1. The minimum Gasteiger partial charge on any atom is -0.360 e. The fraction of sp³-hybridized carbons (Fsp3) is 0.407. The van der Waals surface area contributed by atoms with E-state index in [4.69, 9.17) is 4.74 Å². The summed E-state index contributed by atoms with van der Waals surface area (Å²) >= 11 is 0. The molecule has 1 saturated heterocycles. The van der Waals surface area contributed by atoms with Crippen molar-refractivity contribution in [1.82, 2.24) is 0 Å². The highest BCUT2D eigenvalue weighted by Crippen LogP contribution is 2.87. The quantitative estimate of drug-likeness (QED) is 0.455. The highest BCUT2D eigenvalue weighted by molar-refractivity contribution is 7.99. The van der Waals surface area contributed by atoms with Crippen LogP contribution in [0, 0.1) is 23.7 Å². The van der Waals surface area contributed by atoms with Gasteiger partial charge in [0.1, 0.15) is 11.2 Å². The third-order valence-corrected chi connectivity index (χ3v) is 13.2. The summed E-state index contributed by atoms with van der Waals surface area (Å²) in [6, 6.07) is 16.5. The molecule has 0 radical (unpaired) electrons. The number of allylic oxidation sites excluding steroid dienone is 1. The third-order valence-electron chi connectivity index (χ3n) is 9.08. The Kier molecular flexibility index (Phi) is 3.91. The SMILES string of the molecule is CC(C)=C1[C@H]2CC[C@H]1[C@@]13O[C@@]21[C@H]1C[C@H]3C(S(=O)(=O)c2ccccc2)=C1S(=O)(=O)c1ccccc1. The van der Waals surface area contributed by atoms with Crippen LogP contribution in [0.3, 0.4) is 0 Å². The lowest BCUT2D eigenvalue weighted by molar-refractivity contribution is 0.121. The maximum Gasteiger partial charge on any atom is 0.204 e. The molecule has 7 rings (SSSR count). The Bertz CT molecular complexity index is 1410. The molecular formula is C27H26O5S2. The van der Waals surface area contributed by atoms with Crippen LogP contribution in [0.5, 0.6) is 0 Å². The van der Waals surface area contributed by atoms with Gasteiger partial charge in [0.05, 0.1) is 19.6 Å². The molecule has 2 aromatic carbocycles. The van der Waals surface area contributed by atoms with Crippen molar-refractivity contribution in [3.05, 3.63) is 81.6 Å². The van der Waals surface area contributed by atoms with E-state index in [2.05, 4.69) is 13.8 Å². The topological polar surface area (TPSA) is 80.8 Å². The van der Waals surface area contributed by atoms with Crippen LogP contribution in [0.1, 0.15) is 33.1 Å². The van der Waals surface area contributed by atoms with Crippen molar-refractivity contribution in [2.24, 2.45) is 23.7 Å². The number of benzene rings is 2. The van der Waals surface area contributed by atoms with E-state index in [0.717, 1.165) is 12.8 Å². The summed E-state index contributed by atoms with van der Waals surface area (Å²) in [5.74, 6) is -0.499. The van der Waals surface area contributed by atoms with Gasteiger partial charge < -0.3 is 4.74 Å². The monoisotopic (exact) mass is 494 g/mol. The molecule has 6 atom stereocenters. The van der Waals surface area contributed by atoms with Crippen molar-refractivity contribution >= 4 is 19.7 Å². The van der Waals surface area contributed by atoms with E-state index in [1.807, 2.05) is 0 Å². The van der Waals surface area contributed by atoms with Crippen LogP contribution in [-0.4, -0.2) is 28.0 Å². The van der Waals surface area contributed by atoms with Crippen LogP contribution >= 0.6 is 0 Å². The summed E-state index contributed by atoms with van der Waals surface area (Å²) in [6.07, 6.45) is 2.50. The van der Waals surface area contributed by atoms with E-state index in [1.165, 1.54) is 11.1 Å². The number of hydrogen-bond acceptors (Lipinski definition) is 5. The molecule has 7 heteroatoms. The van der Waals surface area contributed by atoms with Crippen LogP contribution in [0.15, 0.2) is 91.4 Å². The molecule has 1 aliphatic heterocycles. The van der Waals surface area contributed by atoms with Gasteiger partial charge in [-0.25, -0.2) is 16.8 Å². The first-order valence-electron chi connectivity index (χ1n) is 11.9. The van der Waals surface area contributed by atoms with Crippen molar-refractivity contribution < 1.29 is 21.6 Å². The second-order valence-corrected chi connectivity index (χ2v) is 14.4. The zero-order chi connectivity index (χ0) is 23.7. The Labute approximate surface area is 200 Å². The number of epoxide rings is 1. The van der Waals surface area contributed by atoms with E-state index in [0.29, 0.717) is 6.42 Å². The van der Waals surface area contributed by atoms with Crippen molar-refractivity contribution in [2.45, 2.75) is 54.1 Å².